The summed E-state index contributed by atoms with van der Waals surface area (Å²) in [5, 5.41) is 5.65. The van der Waals surface area contributed by atoms with Gasteiger partial charge in [-0.25, -0.2) is 0 Å². The Kier molecular flexibility index (Phi) is 5.52. The van der Waals surface area contributed by atoms with Crippen LogP contribution in [0.4, 0.5) is 11.4 Å². The lowest BCUT2D eigenvalue weighted by Gasteiger charge is -2.13. The predicted octanol–water partition coefficient (Wildman–Crippen LogP) is 4.80. The molecule has 0 saturated carbocycles. The number of rotatable bonds is 5. The number of benzene rings is 2. The Morgan fingerprint density at radius 2 is 1.67 bits per heavy atom. The van der Waals surface area contributed by atoms with E-state index in [2.05, 4.69) is 10.6 Å². The molecule has 2 N–H and O–H groups in total. The number of amides is 2. The highest BCUT2D eigenvalue weighted by Crippen LogP contribution is 2.21. The van der Waals surface area contributed by atoms with Crippen molar-refractivity contribution in [1.29, 1.82) is 0 Å². The molecule has 3 rings (SSSR count). The van der Waals surface area contributed by atoms with Gasteiger partial charge in [0.25, 0.3) is 5.91 Å². The van der Waals surface area contributed by atoms with Crippen LogP contribution in [0.5, 0.6) is 0 Å². The summed E-state index contributed by atoms with van der Waals surface area (Å²) in [7, 11) is 0. The molecule has 0 atom stereocenters. The predicted molar refractivity (Wildman–Crippen MR) is 107 cm³/mol. The molecule has 136 valence electrons. The Morgan fingerprint density at radius 1 is 0.889 bits per heavy atom. The van der Waals surface area contributed by atoms with Crippen LogP contribution < -0.4 is 10.6 Å². The van der Waals surface area contributed by atoms with Gasteiger partial charge < -0.3 is 15.1 Å². The van der Waals surface area contributed by atoms with Gasteiger partial charge in [0.2, 0.25) is 5.91 Å². The summed E-state index contributed by atoms with van der Waals surface area (Å²) in [6.45, 7) is 3.95. The number of hydrogen-bond donors (Lipinski definition) is 2. The van der Waals surface area contributed by atoms with Gasteiger partial charge >= 0.3 is 0 Å². The van der Waals surface area contributed by atoms with E-state index in [4.69, 9.17) is 4.42 Å². The third-order valence-corrected chi connectivity index (χ3v) is 4.22. The van der Waals surface area contributed by atoms with Crippen LogP contribution in [0.15, 0.2) is 71.4 Å². The standard InChI is InChI=1S/C22H20N2O3/c1-15-7-5-11-19(16(15)2)24-22(26)18-9-3-4-10-20(18)23-21(25)13-12-17-8-6-14-27-17/h3-14H,1-2H3,(H,23,25)(H,24,26). The maximum Gasteiger partial charge on any atom is 0.257 e. The molecule has 2 amide bonds. The van der Waals surface area contributed by atoms with Crippen molar-refractivity contribution in [3.05, 3.63) is 89.4 Å². The van der Waals surface area contributed by atoms with Gasteiger partial charge in [0.1, 0.15) is 5.76 Å². The molecule has 0 radical (unpaired) electrons. The van der Waals surface area contributed by atoms with Crippen molar-refractivity contribution in [2.45, 2.75) is 13.8 Å². The lowest BCUT2D eigenvalue weighted by atomic mass is 10.1. The second-order valence-corrected chi connectivity index (χ2v) is 6.09. The number of carbonyl (C=O) groups is 2. The number of para-hydroxylation sites is 1. The molecule has 0 bridgehead atoms. The van der Waals surface area contributed by atoms with Crippen molar-refractivity contribution in [2.24, 2.45) is 0 Å². The van der Waals surface area contributed by atoms with E-state index in [9.17, 15) is 9.59 Å². The number of nitrogens with one attached hydrogen (secondary N) is 2. The van der Waals surface area contributed by atoms with Gasteiger partial charge in [0.15, 0.2) is 0 Å². The Bertz CT molecular complexity index is 989. The second-order valence-electron chi connectivity index (χ2n) is 6.09. The minimum atomic E-state index is -0.349. The maximum absolute atomic E-state index is 12.7. The molecule has 0 saturated heterocycles. The van der Waals surface area contributed by atoms with Crippen LogP contribution in [0.25, 0.3) is 6.08 Å². The SMILES string of the molecule is Cc1cccc(NC(=O)c2ccccc2NC(=O)C=Cc2ccco2)c1C. The fourth-order valence-corrected chi connectivity index (χ4v) is 2.58. The van der Waals surface area contributed by atoms with E-state index in [0.717, 1.165) is 16.8 Å². The lowest BCUT2D eigenvalue weighted by Crippen LogP contribution is -2.17. The number of furan rings is 1. The van der Waals surface area contributed by atoms with Gasteiger partial charge in [-0.05, 0) is 61.4 Å². The zero-order chi connectivity index (χ0) is 19.2. The van der Waals surface area contributed by atoms with Crippen molar-refractivity contribution in [3.63, 3.8) is 0 Å². The normalized spacial score (nSPS) is 10.7. The summed E-state index contributed by atoms with van der Waals surface area (Å²) in [6, 6.07) is 16.1. The quantitative estimate of drug-likeness (QED) is 0.642. The van der Waals surface area contributed by atoms with Crippen molar-refractivity contribution in [2.75, 3.05) is 10.6 Å². The molecular weight excluding hydrogens is 340 g/mol. The third-order valence-electron chi connectivity index (χ3n) is 4.22. The van der Waals surface area contributed by atoms with Crippen molar-refractivity contribution < 1.29 is 14.0 Å². The van der Waals surface area contributed by atoms with E-state index in [1.165, 1.54) is 12.3 Å². The Hall–Kier alpha value is -3.60. The van der Waals surface area contributed by atoms with Crippen LogP contribution in [0.2, 0.25) is 0 Å². The summed E-state index contributed by atoms with van der Waals surface area (Å²) in [5.41, 5.74) is 3.68. The van der Waals surface area contributed by atoms with Crippen LogP contribution in [0, 0.1) is 13.8 Å². The molecular formula is C22H20N2O3. The topological polar surface area (TPSA) is 71.3 Å². The summed E-state index contributed by atoms with van der Waals surface area (Å²) < 4.78 is 5.15. The summed E-state index contributed by atoms with van der Waals surface area (Å²) in [6.07, 6.45) is 4.46. The first-order valence-electron chi connectivity index (χ1n) is 8.54. The van der Waals surface area contributed by atoms with Crippen LogP contribution >= 0.6 is 0 Å². The maximum atomic E-state index is 12.7. The molecule has 1 aromatic heterocycles. The first-order valence-corrected chi connectivity index (χ1v) is 8.54. The number of aryl methyl sites for hydroxylation is 1. The van der Waals surface area contributed by atoms with E-state index < -0.39 is 0 Å². The van der Waals surface area contributed by atoms with Crippen LogP contribution in [-0.2, 0) is 4.79 Å². The largest absolute Gasteiger partial charge is 0.465 e. The minimum Gasteiger partial charge on any atom is -0.465 e. The fourth-order valence-electron chi connectivity index (χ4n) is 2.58. The molecule has 3 aromatic rings. The highest BCUT2D eigenvalue weighted by atomic mass is 16.3. The Labute approximate surface area is 157 Å². The first-order chi connectivity index (χ1) is 13.0. The average Bonchev–Trinajstić information content (AvgIpc) is 3.18. The monoisotopic (exact) mass is 360 g/mol. The molecule has 27 heavy (non-hydrogen) atoms. The van der Waals surface area contributed by atoms with Crippen molar-refractivity contribution in [1.82, 2.24) is 0 Å². The minimum absolute atomic E-state index is 0.283. The van der Waals surface area contributed by atoms with E-state index in [0.29, 0.717) is 17.0 Å². The van der Waals surface area contributed by atoms with E-state index >= 15 is 0 Å². The molecule has 5 heteroatoms. The summed E-state index contributed by atoms with van der Waals surface area (Å²) in [5.74, 6) is -0.0564. The highest BCUT2D eigenvalue weighted by molar-refractivity contribution is 6.12. The van der Waals surface area contributed by atoms with E-state index in [-0.39, 0.29) is 11.8 Å². The molecule has 0 spiro atoms. The average molecular weight is 360 g/mol. The Balaban J connectivity index is 1.76. The zero-order valence-corrected chi connectivity index (χ0v) is 15.2. The Morgan fingerprint density at radius 3 is 2.44 bits per heavy atom. The van der Waals surface area contributed by atoms with E-state index in [1.807, 2.05) is 32.0 Å². The van der Waals surface area contributed by atoms with Gasteiger partial charge in [0.05, 0.1) is 17.5 Å². The smallest absolute Gasteiger partial charge is 0.257 e. The van der Waals surface area contributed by atoms with Crippen molar-refractivity contribution >= 4 is 29.3 Å². The molecule has 0 fully saturated rings. The van der Waals surface area contributed by atoms with Crippen LogP contribution in [0.1, 0.15) is 27.2 Å². The number of carbonyl (C=O) groups excluding carboxylic acids is 2. The summed E-state index contributed by atoms with van der Waals surface area (Å²) >= 11 is 0. The first kappa shape index (κ1) is 18.2. The molecule has 0 aliphatic rings. The zero-order valence-electron chi connectivity index (χ0n) is 15.2. The summed E-state index contributed by atoms with van der Waals surface area (Å²) in [4.78, 5) is 24.9. The number of anilines is 2. The second kappa shape index (κ2) is 8.19. The third kappa shape index (κ3) is 4.52. The van der Waals surface area contributed by atoms with Crippen LogP contribution in [0.3, 0.4) is 0 Å². The molecule has 1 heterocycles. The van der Waals surface area contributed by atoms with E-state index in [1.54, 1.807) is 42.5 Å². The fraction of sp³-hybridized carbons (Fsp3) is 0.0909. The molecule has 0 unspecified atom stereocenters. The number of hydrogen-bond acceptors (Lipinski definition) is 3. The van der Waals surface area contributed by atoms with Gasteiger partial charge in [-0.3, -0.25) is 9.59 Å². The lowest BCUT2D eigenvalue weighted by molar-refractivity contribution is -0.111. The molecule has 0 aliphatic heterocycles. The molecule has 0 aliphatic carbocycles. The molecule has 5 nitrogen and oxygen atoms in total. The highest BCUT2D eigenvalue weighted by Gasteiger charge is 2.13. The molecule has 2 aromatic carbocycles. The van der Waals surface area contributed by atoms with Crippen molar-refractivity contribution in [3.8, 4) is 0 Å². The van der Waals surface area contributed by atoms with Gasteiger partial charge in [-0.2, -0.15) is 0 Å². The van der Waals surface area contributed by atoms with Crippen LogP contribution in [-0.4, -0.2) is 11.8 Å². The van der Waals surface area contributed by atoms with Gasteiger partial charge in [0, 0.05) is 11.8 Å². The van der Waals surface area contributed by atoms with Gasteiger partial charge in [-0.15, -0.1) is 0 Å². The van der Waals surface area contributed by atoms with Gasteiger partial charge in [-0.1, -0.05) is 24.3 Å².